The van der Waals surface area contributed by atoms with Gasteiger partial charge in [0.2, 0.25) is 0 Å². The quantitative estimate of drug-likeness (QED) is 0.0281. The van der Waals surface area contributed by atoms with Crippen LogP contribution in [0.2, 0.25) is 0 Å². The van der Waals surface area contributed by atoms with E-state index in [2.05, 4.69) is 98.9 Å². The van der Waals surface area contributed by atoms with E-state index in [-0.39, 0.29) is 36.2 Å². The van der Waals surface area contributed by atoms with Crippen LogP contribution in [-0.4, -0.2) is 80.6 Å². The Kier molecular flexibility index (Phi) is 46.4. The predicted molar refractivity (Wildman–Crippen MR) is 284 cm³/mol. The van der Waals surface area contributed by atoms with E-state index >= 15 is 0 Å². The fourth-order valence-electron chi connectivity index (χ4n) is 7.69. The molecule has 0 rings (SSSR count). The topological polar surface area (TPSA) is 99.1 Å². The number of esters is 2. The highest BCUT2D eigenvalue weighted by Crippen LogP contribution is 2.15. The van der Waals surface area contributed by atoms with Crippen molar-refractivity contribution in [3.05, 3.63) is 85.1 Å². The fourth-order valence-corrected chi connectivity index (χ4v) is 7.69. The van der Waals surface area contributed by atoms with Gasteiger partial charge in [-0.05, 0) is 83.5 Å². The molecule has 0 bridgehead atoms. The second-order valence-electron chi connectivity index (χ2n) is 19.1. The number of hydrogen-bond donors (Lipinski definition) is 1. The van der Waals surface area contributed by atoms with Gasteiger partial charge in [-0.15, -0.1) is 0 Å². The van der Waals surface area contributed by atoms with E-state index in [1.807, 2.05) is 21.1 Å². The molecule has 0 amide bonds. The number of carbonyl (C=O) groups excluding carboxylic acids is 2. The van der Waals surface area contributed by atoms with Gasteiger partial charge in [0.1, 0.15) is 6.61 Å². The summed E-state index contributed by atoms with van der Waals surface area (Å²) < 4.78 is 17.4. The smallest absolute Gasteiger partial charge is 0.362 e. The summed E-state index contributed by atoms with van der Waals surface area (Å²) in [5.74, 6) is -1.48. The number of likely N-dealkylation sites (N-methyl/N-ethyl adjacent to an activating group) is 1. The van der Waals surface area contributed by atoms with Crippen molar-refractivity contribution in [3.63, 3.8) is 0 Å². The lowest BCUT2D eigenvalue weighted by molar-refractivity contribution is -0.887. The third kappa shape index (κ3) is 47.4. The number of unbranched alkanes of at least 4 members (excludes halogenated alkanes) is 20. The molecule has 0 fully saturated rings. The average molecular weight is 937 g/mol. The van der Waals surface area contributed by atoms with Gasteiger partial charge in [-0.2, -0.15) is 0 Å². The Morgan fingerprint density at radius 1 is 0.448 bits per heavy atom. The molecule has 0 heterocycles. The number of carbonyl (C=O) groups is 3. The van der Waals surface area contributed by atoms with E-state index in [1.54, 1.807) is 0 Å². The minimum atomic E-state index is -0.877. The van der Waals surface area contributed by atoms with Crippen LogP contribution in [0.25, 0.3) is 0 Å². The van der Waals surface area contributed by atoms with Crippen molar-refractivity contribution >= 4 is 17.9 Å². The zero-order valence-electron chi connectivity index (χ0n) is 43.8. The number of nitrogens with zero attached hydrogens (tertiary/aromatic N) is 1. The van der Waals surface area contributed by atoms with Gasteiger partial charge in [-0.25, -0.2) is 4.79 Å². The standard InChI is InChI=1S/C59H101NO7/c1-6-8-10-12-14-16-18-20-22-24-26-28-30-31-33-35-37-39-41-43-45-47-49-57(61)66-54-55(53-65-52-51-56(59(63)64)60(3,4)5)67-58(62)50-48-46-44-42-40-38-36-34-32-29-27-25-23-21-19-17-15-13-11-9-7-2/h8-11,14-17,20-23,26,28,55-56H,6-7,12-13,18-19,24-25,27,29-54H2,1-5H3/p+1/b10-8+,11-9+,16-14+,17-15+,22-20+,23-21+,28-26+. The maximum Gasteiger partial charge on any atom is 0.362 e. The van der Waals surface area contributed by atoms with E-state index in [4.69, 9.17) is 14.2 Å². The highest BCUT2D eigenvalue weighted by atomic mass is 16.6. The average Bonchev–Trinajstić information content (AvgIpc) is 3.29. The first-order chi connectivity index (χ1) is 32.6. The lowest BCUT2D eigenvalue weighted by atomic mass is 10.0. The van der Waals surface area contributed by atoms with Gasteiger partial charge in [0, 0.05) is 19.3 Å². The lowest BCUT2D eigenvalue weighted by Crippen LogP contribution is -2.50. The number of carboxylic acids is 1. The number of quaternary nitrogens is 1. The molecule has 8 heteroatoms. The summed E-state index contributed by atoms with van der Waals surface area (Å²) in [6.07, 6.45) is 64.9. The molecule has 0 aliphatic carbocycles. The first-order valence-electron chi connectivity index (χ1n) is 27.1. The number of ether oxygens (including phenoxy) is 3. The van der Waals surface area contributed by atoms with Gasteiger partial charge in [0.05, 0.1) is 34.4 Å². The summed E-state index contributed by atoms with van der Waals surface area (Å²) in [4.78, 5) is 37.3. The monoisotopic (exact) mass is 937 g/mol. The Morgan fingerprint density at radius 3 is 1.16 bits per heavy atom. The molecule has 2 unspecified atom stereocenters. The Bertz CT molecular complexity index is 1370. The number of allylic oxidation sites excluding steroid dienone is 14. The number of hydrogen-bond acceptors (Lipinski definition) is 6. The molecule has 0 spiro atoms. The van der Waals surface area contributed by atoms with Crippen LogP contribution in [0, 0.1) is 0 Å². The molecule has 0 aromatic rings. The molecule has 0 saturated heterocycles. The molecule has 0 radical (unpaired) electrons. The Labute approximate surface area is 412 Å². The first-order valence-corrected chi connectivity index (χ1v) is 27.1. The second kappa shape index (κ2) is 48.9. The third-order valence-electron chi connectivity index (χ3n) is 11.8. The van der Waals surface area contributed by atoms with Crippen LogP contribution in [0.15, 0.2) is 85.1 Å². The van der Waals surface area contributed by atoms with E-state index in [1.165, 1.54) is 96.3 Å². The molecule has 0 aliphatic heterocycles. The van der Waals surface area contributed by atoms with Crippen molar-refractivity contribution in [2.75, 3.05) is 41.0 Å². The molecular weight excluding hydrogens is 835 g/mol. The first kappa shape index (κ1) is 63.5. The molecule has 1 N–H and O–H groups in total. The van der Waals surface area contributed by atoms with Crippen molar-refractivity contribution in [3.8, 4) is 0 Å². The molecule has 0 aromatic heterocycles. The molecule has 0 aromatic carbocycles. The molecule has 8 nitrogen and oxygen atoms in total. The predicted octanol–water partition coefficient (Wildman–Crippen LogP) is 16.0. The van der Waals surface area contributed by atoms with Crippen LogP contribution in [0.5, 0.6) is 0 Å². The Morgan fingerprint density at radius 2 is 0.791 bits per heavy atom. The minimum Gasteiger partial charge on any atom is -0.477 e. The summed E-state index contributed by atoms with van der Waals surface area (Å²) in [6, 6.07) is -0.621. The molecular formula is C59H102NO7+. The van der Waals surface area contributed by atoms with Crippen LogP contribution in [0.4, 0.5) is 0 Å². The summed E-state index contributed by atoms with van der Waals surface area (Å²) in [5, 5.41) is 9.67. The normalized spacial score (nSPS) is 13.5. The van der Waals surface area contributed by atoms with E-state index in [0.29, 0.717) is 19.3 Å². The summed E-state index contributed by atoms with van der Waals surface area (Å²) in [5.41, 5.74) is 0. The fraction of sp³-hybridized carbons (Fsp3) is 0.712. The van der Waals surface area contributed by atoms with Gasteiger partial charge < -0.3 is 23.8 Å². The summed E-state index contributed by atoms with van der Waals surface area (Å²) >= 11 is 0. The van der Waals surface area contributed by atoms with E-state index < -0.39 is 18.1 Å². The lowest BCUT2D eigenvalue weighted by Gasteiger charge is -2.31. The van der Waals surface area contributed by atoms with Crippen molar-refractivity contribution in [1.82, 2.24) is 0 Å². The highest BCUT2D eigenvalue weighted by Gasteiger charge is 2.31. The maximum atomic E-state index is 12.8. The number of carboxylic acid groups (broad SMARTS) is 1. The van der Waals surface area contributed by atoms with Crippen LogP contribution in [0.1, 0.15) is 219 Å². The van der Waals surface area contributed by atoms with Gasteiger partial charge in [-0.1, -0.05) is 202 Å². The second-order valence-corrected chi connectivity index (χ2v) is 19.1. The maximum absolute atomic E-state index is 12.8. The van der Waals surface area contributed by atoms with Crippen molar-refractivity contribution in [2.45, 2.75) is 231 Å². The van der Waals surface area contributed by atoms with E-state index in [0.717, 1.165) is 89.9 Å². The zero-order valence-corrected chi connectivity index (χ0v) is 43.8. The highest BCUT2D eigenvalue weighted by molar-refractivity contribution is 5.72. The van der Waals surface area contributed by atoms with Gasteiger partial charge >= 0.3 is 17.9 Å². The summed E-state index contributed by atoms with van der Waals surface area (Å²) in [6.45, 7) is 4.52. The molecule has 2 atom stereocenters. The van der Waals surface area contributed by atoms with Crippen LogP contribution in [0.3, 0.4) is 0 Å². The van der Waals surface area contributed by atoms with E-state index in [9.17, 15) is 19.5 Å². The molecule has 0 saturated carbocycles. The van der Waals surface area contributed by atoms with Gasteiger partial charge in [-0.3, -0.25) is 9.59 Å². The molecule has 67 heavy (non-hydrogen) atoms. The Balaban J connectivity index is 4.22. The number of aliphatic carboxylic acids is 1. The van der Waals surface area contributed by atoms with Crippen molar-refractivity contribution in [1.29, 1.82) is 0 Å². The Hall–Kier alpha value is -3.49. The largest absolute Gasteiger partial charge is 0.477 e. The SMILES string of the molecule is CC/C=C/C/C=C/C/C=C/C/C=C/CCCCCCCCCCCC(=O)OCC(COCCC(C(=O)O)[N+](C)(C)C)OC(=O)CCCCCCCCCCCCC/C=C/C/C=C/C/C=C/CC. The summed E-state index contributed by atoms with van der Waals surface area (Å²) in [7, 11) is 5.53. The molecule has 384 valence electrons. The third-order valence-corrected chi connectivity index (χ3v) is 11.8. The van der Waals surface area contributed by atoms with Crippen LogP contribution < -0.4 is 0 Å². The number of rotatable bonds is 48. The molecule has 0 aliphatic rings. The van der Waals surface area contributed by atoms with Crippen LogP contribution >= 0.6 is 0 Å². The zero-order chi connectivity index (χ0) is 49.2. The van der Waals surface area contributed by atoms with Crippen molar-refractivity contribution in [2.24, 2.45) is 0 Å². The van der Waals surface area contributed by atoms with Gasteiger partial charge in [0.15, 0.2) is 12.1 Å². The van der Waals surface area contributed by atoms with Crippen molar-refractivity contribution < 1.29 is 38.2 Å². The van der Waals surface area contributed by atoms with Crippen LogP contribution in [-0.2, 0) is 28.6 Å². The van der Waals surface area contributed by atoms with Gasteiger partial charge in [0.25, 0.3) is 0 Å². The minimum absolute atomic E-state index is 0.0550.